The fraction of sp³-hybridized carbons (Fsp3) is 0.143. The fourth-order valence-corrected chi connectivity index (χ4v) is 3.64. The Labute approximate surface area is 156 Å². The molecule has 1 aliphatic heterocycles. The van der Waals surface area contributed by atoms with E-state index in [-0.39, 0.29) is 0 Å². The van der Waals surface area contributed by atoms with E-state index in [1.165, 1.54) is 22.7 Å². The minimum Gasteiger partial charge on any atom is -0.383 e. The summed E-state index contributed by atoms with van der Waals surface area (Å²) in [4.78, 5) is 13.0. The monoisotopic (exact) mass is 354 g/mol. The maximum atomic E-state index is 6.20. The lowest BCUT2D eigenvalue weighted by Gasteiger charge is -2.05. The van der Waals surface area contributed by atoms with E-state index < -0.39 is 0 Å². The Morgan fingerprint density at radius 1 is 1.04 bits per heavy atom. The second kappa shape index (κ2) is 6.32. The lowest BCUT2D eigenvalue weighted by Crippen LogP contribution is -2.03. The van der Waals surface area contributed by atoms with Crippen LogP contribution < -0.4 is 5.73 Å². The number of rotatable bonds is 4. The second-order valence-corrected chi connectivity index (χ2v) is 6.62. The highest BCUT2D eigenvalue weighted by Crippen LogP contribution is 2.27. The van der Waals surface area contributed by atoms with Gasteiger partial charge in [0, 0.05) is 19.1 Å². The van der Waals surface area contributed by atoms with Crippen molar-refractivity contribution in [2.75, 3.05) is 5.73 Å². The van der Waals surface area contributed by atoms with Gasteiger partial charge in [0.05, 0.1) is 23.3 Å². The van der Waals surface area contributed by atoms with E-state index >= 15 is 0 Å². The van der Waals surface area contributed by atoms with E-state index in [0.717, 1.165) is 28.8 Å². The van der Waals surface area contributed by atoms with Gasteiger partial charge in [-0.05, 0) is 16.3 Å². The smallest absolute Gasteiger partial charge is 0.163 e. The summed E-state index contributed by atoms with van der Waals surface area (Å²) in [6, 6.07) is 14.7. The first-order chi connectivity index (χ1) is 13.3. The standard InChI is InChI=1S/C21H18N6/c22-20-19-18(11-15-7-3-6-14-5-1-2-9-17(14)15)26-27(21(19)25-13-24-20)12-16-8-4-10-23-16/h1-3,5-10,13H,4,11-12H2,(H2,22,24,25). The SMILES string of the molecule is Nc1ncnc2c1c(Cc1cccc3ccccc13)nn2CC1=CCC=N1. The lowest BCUT2D eigenvalue weighted by molar-refractivity contribution is 0.679. The van der Waals surface area contributed by atoms with Crippen LogP contribution in [0.15, 0.2) is 65.6 Å². The number of nitrogens with two attached hydrogens (primary N) is 1. The van der Waals surface area contributed by atoms with Gasteiger partial charge >= 0.3 is 0 Å². The van der Waals surface area contributed by atoms with Crippen LogP contribution >= 0.6 is 0 Å². The van der Waals surface area contributed by atoms with Crippen LogP contribution in [0.25, 0.3) is 21.8 Å². The Morgan fingerprint density at radius 3 is 2.81 bits per heavy atom. The minimum atomic E-state index is 0.463. The predicted molar refractivity (Wildman–Crippen MR) is 108 cm³/mol. The van der Waals surface area contributed by atoms with Gasteiger partial charge in [0.25, 0.3) is 0 Å². The molecule has 2 aromatic heterocycles. The van der Waals surface area contributed by atoms with Gasteiger partial charge < -0.3 is 5.73 Å². The van der Waals surface area contributed by atoms with E-state index in [2.05, 4.69) is 63.5 Å². The van der Waals surface area contributed by atoms with Crippen LogP contribution in [-0.4, -0.2) is 26.0 Å². The van der Waals surface area contributed by atoms with Gasteiger partial charge in [0.1, 0.15) is 12.1 Å². The van der Waals surface area contributed by atoms with E-state index in [0.29, 0.717) is 18.8 Å². The maximum absolute atomic E-state index is 6.20. The van der Waals surface area contributed by atoms with Gasteiger partial charge in [0.15, 0.2) is 5.65 Å². The molecule has 0 amide bonds. The van der Waals surface area contributed by atoms with Gasteiger partial charge in [-0.3, -0.25) is 4.99 Å². The van der Waals surface area contributed by atoms with Crippen molar-refractivity contribution >= 4 is 33.8 Å². The molecule has 0 fully saturated rings. The normalized spacial score (nSPS) is 13.6. The first-order valence-corrected chi connectivity index (χ1v) is 8.93. The van der Waals surface area contributed by atoms with Crippen molar-refractivity contribution in [3.63, 3.8) is 0 Å². The molecule has 5 rings (SSSR count). The zero-order chi connectivity index (χ0) is 18.2. The first kappa shape index (κ1) is 15.7. The Bertz CT molecular complexity index is 1210. The van der Waals surface area contributed by atoms with Crippen LogP contribution in [0, 0.1) is 0 Å². The average Bonchev–Trinajstić information content (AvgIpc) is 3.32. The first-order valence-electron chi connectivity index (χ1n) is 8.93. The molecular formula is C21H18N6. The van der Waals surface area contributed by atoms with Crippen LogP contribution in [0.2, 0.25) is 0 Å². The number of allylic oxidation sites excluding steroid dienone is 2. The Balaban J connectivity index is 1.63. The van der Waals surface area contributed by atoms with Crippen molar-refractivity contribution < 1.29 is 0 Å². The number of hydrogen-bond donors (Lipinski definition) is 1. The number of fused-ring (bicyclic) bond motifs is 2. The highest BCUT2D eigenvalue weighted by atomic mass is 15.3. The number of nitrogen functional groups attached to an aromatic ring is 1. The lowest BCUT2D eigenvalue weighted by atomic mass is 10.0. The zero-order valence-electron chi connectivity index (χ0n) is 14.7. The summed E-state index contributed by atoms with van der Waals surface area (Å²) in [5.74, 6) is 0.463. The van der Waals surface area contributed by atoms with Crippen molar-refractivity contribution in [2.45, 2.75) is 19.4 Å². The predicted octanol–water partition coefficient (Wildman–Crippen LogP) is 3.51. The molecule has 1 aliphatic rings. The molecule has 4 aromatic rings. The molecule has 2 N–H and O–H groups in total. The van der Waals surface area contributed by atoms with Gasteiger partial charge in [-0.25, -0.2) is 14.6 Å². The maximum Gasteiger partial charge on any atom is 0.163 e. The topological polar surface area (TPSA) is 82.0 Å². The zero-order valence-corrected chi connectivity index (χ0v) is 14.7. The summed E-state index contributed by atoms with van der Waals surface area (Å²) in [5.41, 5.74) is 10.0. The summed E-state index contributed by atoms with van der Waals surface area (Å²) in [6.45, 7) is 0.582. The van der Waals surface area contributed by atoms with E-state index in [4.69, 9.17) is 10.8 Å². The summed E-state index contributed by atoms with van der Waals surface area (Å²) in [7, 11) is 0. The van der Waals surface area contributed by atoms with E-state index in [1.54, 1.807) is 0 Å². The van der Waals surface area contributed by atoms with Crippen LogP contribution in [-0.2, 0) is 13.0 Å². The molecule has 132 valence electrons. The summed E-state index contributed by atoms with van der Waals surface area (Å²) < 4.78 is 1.88. The van der Waals surface area contributed by atoms with Crippen molar-refractivity contribution in [3.05, 3.63) is 71.8 Å². The number of aliphatic imine (C=N–C) groups is 1. The third-order valence-electron chi connectivity index (χ3n) is 4.90. The third kappa shape index (κ3) is 2.75. The molecule has 0 bridgehead atoms. The van der Waals surface area contributed by atoms with Crippen molar-refractivity contribution in [1.82, 2.24) is 19.7 Å². The number of anilines is 1. The second-order valence-electron chi connectivity index (χ2n) is 6.62. The molecule has 0 spiro atoms. The fourth-order valence-electron chi connectivity index (χ4n) is 3.64. The third-order valence-corrected chi connectivity index (χ3v) is 4.90. The van der Waals surface area contributed by atoms with Crippen LogP contribution in [0.1, 0.15) is 17.7 Å². The molecule has 0 unspecified atom stereocenters. The van der Waals surface area contributed by atoms with Crippen molar-refractivity contribution in [3.8, 4) is 0 Å². The van der Waals surface area contributed by atoms with Crippen LogP contribution in [0.3, 0.4) is 0 Å². The summed E-state index contributed by atoms with van der Waals surface area (Å²) in [6.07, 6.45) is 7.03. The highest BCUT2D eigenvalue weighted by Gasteiger charge is 2.17. The molecule has 0 aliphatic carbocycles. The van der Waals surface area contributed by atoms with Crippen molar-refractivity contribution in [2.24, 2.45) is 4.99 Å². The Hall–Kier alpha value is -3.54. The number of benzene rings is 2. The molecule has 2 aromatic carbocycles. The van der Waals surface area contributed by atoms with Gasteiger partial charge in [-0.2, -0.15) is 5.10 Å². The highest BCUT2D eigenvalue weighted by molar-refractivity contribution is 5.90. The van der Waals surface area contributed by atoms with Crippen LogP contribution in [0.5, 0.6) is 0 Å². The van der Waals surface area contributed by atoms with Crippen molar-refractivity contribution in [1.29, 1.82) is 0 Å². The number of nitrogens with zero attached hydrogens (tertiary/aromatic N) is 5. The number of aromatic nitrogens is 4. The molecule has 6 heteroatoms. The molecule has 3 heterocycles. The van der Waals surface area contributed by atoms with Gasteiger partial charge in [-0.15, -0.1) is 0 Å². The summed E-state index contributed by atoms with van der Waals surface area (Å²) in [5, 5.41) is 8.10. The molecular weight excluding hydrogens is 336 g/mol. The quantitative estimate of drug-likeness (QED) is 0.608. The summed E-state index contributed by atoms with van der Waals surface area (Å²) >= 11 is 0. The number of hydrogen-bond acceptors (Lipinski definition) is 5. The molecule has 0 radical (unpaired) electrons. The average molecular weight is 354 g/mol. The van der Waals surface area contributed by atoms with Crippen LogP contribution in [0.4, 0.5) is 5.82 Å². The molecule has 6 nitrogen and oxygen atoms in total. The van der Waals surface area contributed by atoms with Gasteiger partial charge in [0.2, 0.25) is 0 Å². The largest absolute Gasteiger partial charge is 0.383 e. The van der Waals surface area contributed by atoms with Gasteiger partial charge in [-0.1, -0.05) is 48.5 Å². The van der Waals surface area contributed by atoms with E-state index in [1.807, 2.05) is 10.9 Å². The Morgan fingerprint density at radius 2 is 1.93 bits per heavy atom. The molecule has 0 saturated carbocycles. The molecule has 27 heavy (non-hydrogen) atoms. The van der Waals surface area contributed by atoms with E-state index in [9.17, 15) is 0 Å². The minimum absolute atomic E-state index is 0.463. The molecule has 0 saturated heterocycles. The Kier molecular flexibility index (Phi) is 3.67. The molecule has 0 atom stereocenters.